The normalized spacial score (nSPS) is 10.7. The van der Waals surface area contributed by atoms with Gasteiger partial charge in [0.05, 0.1) is 0 Å². The molecule has 4 N–H and O–H groups in total. The Bertz CT molecular complexity index is 586. The molecule has 106 valence electrons. The number of aromatic nitrogens is 2. The van der Waals surface area contributed by atoms with Crippen LogP contribution in [0.3, 0.4) is 0 Å². The van der Waals surface area contributed by atoms with Gasteiger partial charge in [0.1, 0.15) is 17.5 Å². The van der Waals surface area contributed by atoms with Gasteiger partial charge in [0.15, 0.2) is 0 Å². The average Bonchev–Trinajstić information content (AvgIpc) is 2.45. The molecule has 0 atom stereocenters. The first-order valence-electron chi connectivity index (χ1n) is 6.42. The Kier molecular flexibility index (Phi) is 4.92. The molecule has 0 aliphatic rings. The molecule has 0 fully saturated rings. The molecule has 0 amide bonds. The van der Waals surface area contributed by atoms with E-state index >= 15 is 0 Å². The van der Waals surface area contributed by atoms with Crippen LogP contribution in [0.15, 0.2) is 34.8 Å². The van der Waals surface area contributed by atoms with Gasteiger partial charge in [0.25, 0.3) is 0 Å². The monoisotopic (exact) mass is 335 g/mol. The second kappa shape index (κ2) is 6.67. The van der Waals surface area contributed by atoms with Crippen LogP contribution in [-0.2, 0) is 6.54 Å². The van der Waals surface area contributed by atoms with Gasteiger partial charge in [0.2, 0.25) is 0 Å². The first-order chi connectivity index (χ1) is 9.58. The van der Waals surface area contributed by atoms with Crippen molar-refractivity contribution in [2.45, 2.75) is 26.3 Å². The van der Waals surface area contributed by atoms with Crippen molar-refractivity contribution in [3.8, 4) is 0 Å². The Balaban J connectivity index is 2.14. The first-order valence-corrected chi connectivity index (χ1v) is 7.21. The van der Waals surface area contributed by atoms with Gasteiger partial charge in [-0.3, -0.25) is 0 Å². The predicted octanol–water partition coefficient (Wildman–Crippen LogP) is 3.26. The summed E-state index contributed by atoms with van der Waals surface area (Å²) in [5, 5.41) is 3.29. The van der Waals surface area contributed by atoms with E-state index in [1.165, 1.54) is 5.56 Å². The fraction of sp³-hybridized carbons (Fsp3) is 0.286. The van der Waals surface area contributed by atoms with Crippen LogP contribution in [0.5, 0.6) is 0 Å². The van der Waals surface area contributed by atoms with Gasteiger partial charge in [-0.1, -0.05) is 41.9 Å². The van der Waals surface area contributed by atoms with E-state index in [9.17, 15) is 0 Å². The second-order valence-electron chi connectivity index (χ2n) is 4.78. The Labute approximate surface area is 127 Å². The highest BCUT2D eigenvalue weighted by Crippen LogP contribution is 2.18. The zero-order valence-electron chi connectivity index (χ0n) is 11.5. The summed E-state index contributed by atoms with van der Waals surface area (Å²) < 4.78 is 1.06. The number of anilines is 2. The van der Waals surface area contributed by atoms with E-state index in [4.69, 9.17) is 5.84 Å². The van der Waals surface area contributed by atoms with Crippen LogP contribution in [0.25, 0.3) is 0 Å². The minimum Gasteiger partial charge on any atom is -0.366 e. The van der Waals surface area contributed by atoms with Crippen LogP contribution in [0.4, 0.5) is 11.6 Å². The Morgan fingerprint density at radius 2 is 1.95 bits per heavy atom. The molecular weight excluding hydrogens is 318 g/mol. The van der Waals surface area contributed by atoms with Crippen LogP contribution < -0.4 is 16.6 Å². The molecule has 20 heavy (non-hydrogen) atoms. The van der Waals surface area contributed by atoms with Gasteiger partial charge in [-0.25, -0.2) is 15.8 Å². The molecule has 1 aromatic heterocycles. The molecule has 0 bridgehead atoms. The molecule has 0 unspecified atom stereocenters. The molecule has 1 heterocycles. The summed E-state index contributed by atoms with van der Waals surface area (Å²) in [6.07, 6.45) is 0. The number of hydrogen-bond donors (Lipinski definition) is 3. The van der Waals surface area contributed by atoms with Crippen LogP contribution in [0.1, 0.15) is 31.2 Å². The Hall–Kier alpha value is -1.66. The minimum atomic E-state index is 0.245. The third-order valence-corrected chi connectivity index (χ3v) is 3.26. The van der Waals surface area contributed by atoms with E-state index in [1.54, 1.807) is 6.07 Å². The van der Waals surface area contributed by atoms with E-state index in [1.807, 2.05) is 26.0 Å². The number of nitrogens with one attached hydrogen (secondary N) is 2. The standard InChI is InChI=1S/C14H18BrN5/c1-9(2)14-18-12(7-13(19-14)20-16)17-8-10-4-3-5-11(15)6-10/h3-7,9H,8,16H2,1-2H3,(H2,17,18,19,20). The van der Waals surface area contributed by atoms with Crippen molar-refractivity contribution in [3.05, 3.63) is 46.2 Å². The second-order valence-corrected chi connectivity index (χ2v) is 5.69. The molecule has 0 saturated heterocycles. The van der Waals surface area contributed by atoms with Gasteiger partial charge in [-0.05, 0) is 17.7 Å². The molecule has 5 nitrogen and oxygen atoms in total. The van der Waals surface area contributed by atoms with E-state index in [0.29, 0.717) is 12.4 Å². The summed E-state index contributed by atoms with van der Waals surface area (Å²) in [7, 11) is 0. The molecule has 2 rings (SSSR count). The minimum absolute atomic E-state index is 0.245. The highest BCUT2D eigenvalue weighted by atomic mass is 79.9. The smallest absolute Gasteiger partial charge is 0.145 e. The van der Waals surface area contributed by atoms with Gasteiger partial charge in [-0.15, -0.1) is 0 Å². The largest absolute Gasteiger partial charge is 0.366 e. The van der Waals surface area contributed by atoms with E-state index in [-0.39, 0.29) is 5.92 Å². The van der Waals surface area contributed by atoms with Crippen molar-refractivity contribution in [1.82, 2.24) is 9.97 Å². The highest BCUT2D eigenvalue weighted by Gasteiger charge is 2.07. The van der Waals surface area contributed by atoms with E-state index in [2.05, 4.69) is 48.8 Å². The SMILES string of the molecule is CC(C)c1nc(NN)cc(NCc2cccc(Br)c2)n1. The number of nitrogens with two attached hydrogens (primary N) is 1. The highest BCUT2D eigenvalue weighted by molar-refractivity contribution is 9.10. The zero-order chi connectivity index (χ0) is 14.5. The van der Waals surface area contributed by atoms with E-state index < -0.39 is 0 Å². The molecular formula is C14H18BrN5. The van der Waals surface area contributed by atoms with E-state index in [0.717, 1.165) is 16.1 Å². The molecule has 2 aromatic rings. The van der Waals surface area contributed by atoms with Gasteiger partial charge in [0, 0.05) is 23.0 Å². The number of benzene rings is 1. The third-order valence-electron chi connectivity index (χ3n) is 2.77. The summed E-state index contributed by atoms with van der Waals surface area (Å²) in [4.78, 5) is 8.81. The lowest BCUT2D eigenvalue weighted by molar-refractivity contribution is 0.775. The Morgan fingerprint density at radius 1 is 1.20 bits per heavy atom. The molecule has 1 aromatic carbocycles. The maximum Gasteiger partial charge on any atom is 0.145 e. The topological polar surface area (TPSA) is 75.9 Å². The number of nitrogen functional groups attached to an aromatic ring is 1. The van der Waals surface area contributed by atoms with Gasteiger partial charge < -0.3 is 10.7 Å². The van der Waals surface area contributed by atoms with Crippen molar-refractivity contribution < 1.29 is 0 Å². The fourth-order valence-corrected chi connectivity index (χ4v) is 2.17. The lowest BCUT2D eigenvalue weighted by atomic mass is 10.2. The Morgan fingerprint density at radius 3 is 2.60 bits per heavy atom. The van der Waals surface area contributed by atoms with Crippen molar-refractivity contribution in [2.24, 2.45) is 5.84 Å². The lowest BCUT2D eigenvalue weighted by Crippen LogP contribution is -2.13. The van der Waals surface area contributed by atoms with Gasteiger partial charge >= 0.3 is 0 Å². The maximum absolute atomic E-state index is 5.44. The van der Waals surface area contributed by atoms with Gasteiger partial charge in [-0.2, -0.15) is 0 Å². The third kappa shape index (κ3) is 3.91. The maximum atomic E-state index is 5.44. The molecule has 6 heteroatoms. The summed E-state index contributed by atoms with van der Waals surface area (Å²) in [6, 6.07) is 9.93. The molecule has 0 aliphatic heterocycles. The zero-order valence-corrected chi connectivity index (χ0v) is 13.1. The summed E-state index contributed by atoms with van der Waals surface area (Å²) in [6.45, 7) is 4.79. The number of halogens is 1. The summed E-state index contributed by atoms with van der Waals surface area (Å²) >= 11 is 3.46. The summed E-state index contributed by atoms with van der Waals surface area (Å²) in [5.74, 6) is 7.82. The number of rotatable bonds is 5. The summed E-state index contributed by atoms with van der Waals surface area (Å²) in [5.41, 5.74) is 3.74. The van der Waals surface area contributed by atoms with Crippen LogP contribution in [0.2, 0.25) is 0 Å². The van der Waals surface area contributed by atoms with Crippen LogP contribution in [0, 0.1) is 0 Å². The predicted molar refractivity (Wildman–Crippen MR) is 85.4 cm³/mol. The van der Waals surface area contributed by atoms with Crippen molar-refractivity contribution in [3.63, 3.8) is 0 Å². The number of hydrogen-bond acceptors (Lipinski definition) is 5. The van der Waals surface area contributed by atoms with Crippen molar-refractivity contribution in [2.75, 3.05) is 10.7 Å². The molecule has 0 saturated carbocycles. The molecule has 0 radical (unpaired) electrons. The molecule has 0 spiro atoms. The fourth-order valence-electron chi connectivity index (χ4n) is 1.73. The first kappa shape index (κ1) is 14.7. The lowest BCUT2D eigenvalue weighted by Gasteiger charge is -2.11. The molecule has 0 aliphatic carbocycles. The number of nitrogens with zero attached hydrogens (tertiary/aromatic N) is 2. The average molecular weight is 336 g/mol. The van der Waals surface area contributed by atoms with Crippen LogP contribution >= 0.6 is 15.9 Å². The quantitative estimate of drug-likeness (QED) is 0.577. The van der Waals surface area contributed by atoms with Crippen molar-refractivity contribution in [1.29, 1.82) is 0 Å². The van der Waals surface area contributed by atoms with Crippen LogP contribution in [-0.4, -0.2) is 9.97 Å². The number of hydrazine groups is 1. The van der Waals surface area contributed by atoms with Crippen molar-refractivity contribution >= 4 is 27.6 Å².